The summed E-state index contributed by atoms with van der Waals surface area (Å²) < 4.78 is 0. The van der Waals surface area contributed by atoms with E-state index in [4.69, 9.17) is 0 Å². The van der Waals surface area contributed by atoms with Gasteiger partial charge >= 0.3 is 5.97 Å². The van der Waals surface area contributed by atoms with Gasteiger partial charge in [-0.15, -0.1) is 0 Å². The van der Waals surface area contributed by atoms with E-state index in [1.54, 1.807) is 0 Å². The highest BCUT2D eigenvalue weighted by atomic mass is 16.4. The molecule has 2 heteroatoms. The van der Waals surface area contributed by atoms with Gasteiger partial charge in [0.2, 0.25) is 0 Å². The first kappa shape index (κ1) is 15.6. The van der Waals surface area contributed by atoms with Crippen LogP contribution in [0.25, 0.3) is 0 Å². The van der Waals surface area contributed by atoms with Crippen LogP contribution in [0.5, 0.6) is 0 Å². The first-order valence-electron chi connectivity index (χ1n) is 8.77. The van der Waals surface area contributed by atoms with Crippen LogP contribution in [-0.4, -0.2) is 11.1 Å². The van der Waals surface area contributed by atoms with E-state index in [1.807, 2.05) is 6.07 Å². The van der Waals surface area contributed by atoms with Gasteiger partial charge in [0.1, 0.15) is 0 Å². The van der Waals surface area contributed by atoms with Gasteiger partial charge in [-0.25, -0.2) is 0 Å². The van der Waals surface area contributed by atoms with Crippen LogP contribution in [0.15, 0.2) is 24.3 Å². The number of aliphatic carboxylic acids is 1. The zero-order chi connectivity index (χ0) is 15.8. The number of benzene rings is 1. The summed E-state index contributed by atoms with van der Waals surface area (Å²) in [4.78, 5) is 12.1. The van der Waals surface area contributed by atoms with Crippen LogP contribution < -0.4 is 0 Å². The maximum Gasteiger partial charge on any atom is 0.314 e. The zero-order valence-electron chi connectivity index (χ0n) is 13.9. The van der Waals surface area contributed by atoms with Crippen LogP contribution in [0.4, 0.5) is 0 Å². The summed E-state index contributed by atoms with van der Waals surface area (Å²) in [6, 6.07) is 8.40. The molecular formula is C20H28O2. The molecule has 0 aromatic heterocycles. The Balaban J connectivity index is 1.95. The molecule has 3 rings (SSSR count). The van der Waals surface area contributed by atoms with Gasteiger partial charge in [-0.1, -0.05) is 51.0 Å². The maximum absolute atomic E-state index is 12.1. The van der Waals surface area contributed by atoms with Gasteiger partial charge in [-0.05, 0) is 61.0 Å². The molecule has 2 aliphatic rings. The topological polar surface area (TPSA) is 37.3 Å². The Hall–Kier alpha value is -1.31. The van der Waals surface area contributed by atoms with Crippen LogP contribution in [0, 0.1) is 5.41 Å². The third kappa shape index (κ3) is 2.68. The summed E-state index contributed by atoms with van der Waals surface area (Å²) in [6.45, 7) is 4.70. The van der Waals surface area contributed by atoms with Crippen molar-refractivity contribution in [2.75, 3.05) is 0 Å². The van der Waals surface area contributed by atoms with E-state index in [2.05, 4.69) is 32.0 Å². The number of carboxylic acids is 1. The number of hydrogen-bond acceptors (Lipinski definition) is 1. The van der Waals surface area contributed by atoms with E-state index < -0.39 is 11.4 Å². The second kappa shape index (κ2) is 5.72. The molecule has 0 spiro atoms. The molecule has 2 nitrogen and oxygen atoms in total. The van der Waals surface area contributed by atoms with E-state index in [0.29, 0.717) is 11.3 Å². The van der Waals surface area contributed by atoms with Crippen molar-refractivity contribution in [3.05, 3.63) is 35.4 Å². The molecule has 1 aromatic rings. The molecule has 0 saturated heterocycles. The van der Waals surface area contributed by atoms with Crippen molar-refractivity contribution in [2.24, 2.45) is 5.41 Å². The SMILES string of the molecule is CC1(C)CCC(c2ccccc2C2(C(=O)O)CCCC2)CC1. The summed E-state index contributed by atoms with van der Waals surface area (Å²) in [5.74, 6) is -0.0744. The predicted molar refractivity (Wildman–Crippen MR) is 89.2 cm³/mol. The van der Waals surface area contributed by atoms with Crippen LogP contribution in [0.3, 0.4) is 0 Å². The summed E-state index contributed by atoms with van der Waals surface area (Å²) in [5, 5.41) is 9.92. The fraction of sp³-hybridized carbons (Fsp3) is 0.650. The highest BCUT2D eigenvalue weighted by Gasteiger charge is 2.45. The molecule has 1 N–H and O–H groups in total. The van der Waals surface area contributed by atoms with E-state index in [1.165, 1.54) is 31.2 Å². The average molecular weight is 300 g/mol. The van der Waals surface area contributed by atoms with E-state index in [0.717, 1.165) is 31.2 Å². The summed E-state index contributed by atoms with van der Waals surface area (Å²) in [6.07, 6.45) is 8.56. The molecule has 0 atom stereocenters. The van der Waals surface area contributed by atoms with Gasteiger partial charge < -0.3 is 5.11 Å². The minimum absolute atomic E-state index is 0.448. The van der Waals surface area contributed by atoms with Crippen molar-refractivity contribution in [3.63, 3.8) is 0 Å². The lowest BCUT2D eigenvalue weighted by atomic mass is 9.67. The molecule has 0 radical (unpaired) electrons. The number of carbonyl (C=O) groups is 1. The molecule has 0 heterocycles. The molecule has 0 unspecified atom stereocenters. The van der Waals surface area contributed by atoms with E-state index in [-0.39, 0.29) is 0 Å². The third-order valence-electron chi connectivity index (χ3n) is 6.12. The van der Waals surface area contributed by atoms with Gasteiger partial charge in [0.25, 0.3) is 0 Å². The van der Waals surface area contributed by atoms with Crippen LogP contribution in [0.1, 0.15) is 82.3 Å². The fourth-order valence-corrected chi connectivity index (χ4v) is 4.58. The van der Waals surface area contributed by atoms with Crippen molar-refractivity contribution in [1.29, 1.82) is 0 Å². The minimum atomic E-state index is -0.621. The van der Waals surface area contributed by atoms with Crippen molar-refractivity contribution >= 4 is 5.97 Å². The lowest BCUT2D eigenvalue weighted by molar-refractivity contribution is -0.143. The molecular weight excluding hydrogens is 272 g/mol. The predicted octanol–water partition coefficient (Wildman–Crippen LogP) is 5.27. The van der Waals surface area contributed by atoms with Crippen molar-refractivity contribution in [3.8, 4) is 0 Å². The maximum atomic E-state index is 12.1. The Morgan fingerprint density at radius 1 is 1.05 bits per heavy atom. The molecule has 22 heavy (non-hydrogen) atoms. The van der Waals surface area contributed by atoms with Gasteiger partial charge in [0, 0.05) is 0 Å². The first-order chi connectivity index (χ1) is 10.4. The molecule has 1 aromatic carbocycles. The molecule has 0 amide bonds. The van der Waals surface area contributed by atoms with Gasteiger partial charge in [0.15, 0.2) is 0 Å². The van der Waals surface area contributed by atoms with Crippen LogP contribution in [-0.2, 0) is 10.2 Å². The van der Waals surface area contributed by atoms with Gasteiger partial charge in [-0.2, -0.15) is 0 Å². The summed E-state index contributed by atoms with van der Waals surface area (Å²) in [7, 11) is 0. The van der Waals surface area contributed by atoms with E-state index in [9.17, 15) is 9.90 Å². The number of rotatable bonds is 3. The second-order valence-electron chi connectivity index (χ2n) is 8.12. The molecule has 120 valence electrons. The lowest BCUT2D eigenvalue weighted by Crippen LogP contribution is -2.34. The minimum Gasteiger partial charge on any atom is -0.481 e. The molecule has 2 aliphatic carbocycles. The summed E-state index contributed by atoms with van der Waals surface area (Å²) >= 11 is 0. The van der Waals surface area contributed by atoms with Crippen LogP contribution in [0.2, 0.25) is 0 Å². The average Bonchev–Trinajstić information content (AvgIpc) is 2.98. The number of hydrogen-bond donors (Lipinski definition) is 1. The largest absolute Gasteiger partial charge is 0.481 e. The molecule has 2 saturated carbocycles. The zero-order valence-corrected chi connectivity index (χ0v) is 13.9. The Bertz CT molecular complexity index is 543. The Morgan fingerprint density at radius 2 is 1.64 bits per heavy atom. The Kier molecular flexibility index (Phi) is 4.05. The fourth-order valence-electron chi connectivity index (χ4n) is 4.58. The normalized spacial score (nSPS) is 24.3. The molecule has 0 aliphatic heterocycles. The second-order valence-corrected chi connectivity index (χ2v) is 8.12. The number of carboxylic acid groups (broad SMARTS) is 1. The Morgan fingerprint density at radius 3 is 2.23 bits per heavy atom. The monoisotopic (exact) mass is 300 g/mol. The van der Waals surface area contributed by atoms with Crippen LogP contribution >= 0.6 is 0 Å². The van der Waals surface area contributed by atoms with E-state index >= 15 is 0 Å². The van der Waals surface area contributed by atoms with Gasteiger partial charge in [-0.3, -0.25) is 4.79 Å². The lowest BCUT2D eigenvalue weighted by Gasteiger charge is -2.37. The molecule has 2 fully saturated rings. The van der Waals surface area contributed by atoms with Gasteiger partial charge in [0.05, 0.1) is 5.41 Å². The highest BCUT2D eigenvalue weighted by Crippen LogP contribution is 2.48. The summed E-state index contributed by atoms with van der Waals surface area (Å²) in [5.41, 5.74) is 2.26. The van der Waals surface area contributed by atoms with Crippen molar-refractivity contribution in [2.45, 2.75) is 76.5 Å². The third-order valence-corrected chi connectivity index (χ3v) is 6.12. The smallest absolute Gasteiger partial charge is 0.314 e. The first-order valence-corrected chi connectivity index (χ1v) is 8.77. The quantitative estimate of drug-likeness (QED) is 0.826. The standard InChI is InChI=1S/C20H28O2/c1-19(2)13-9-15(10-14-19)16-7-3-4-8-17(16)20(18(21)22)11-5-6-12-20/h3-4,7-8,15H,5-6,9-14H2,1-2H3,(H,21,22). The Labute approximate surface area is 133 Å². The highest BCUT2D eigenvalue weighted by molar-refractivity contribution is 5.82. The molecule has 0 bridgehead atoms. The van der Waals surface area contributed by atoms with Crippen molar-refractivity contribution < 1.29 is 9.90 Å². The van der Waals surface area contributed by atoms with Crippen molar-refractivity contribution in [1.82, 2.24) is 0 Å².